The third-order valence-corrected chi connectivity index (χ3v) is 5.06. The normalized spacial score (nSPS) is 16.7. The zero-order valence-corrected chi connectivity index (χ0v) is 16.7. The molecule has 152 valence electrons. The van der Waals surface area contributed by atoms with Crippen LogP contribution in [0.15, 0.2) is 39.3 Å². The number of aryl methyl sites for hydroxylation is 1. The lowest BCUT2D eigenvalue weighted by molar-refractivity contribution is 0.0695. The Morgan fingerprint density at radius 3 is 2.59 bits per heavy atom. The maximum absolute atomic E-state index is 13.1. The number of furan rings is 1. The molecule has 29 heavy (non-hydrogen) atoms. The van der Waals surface area contributed by atoms with Crippen LogP contribution >= 0.6 is 0 Å². The molecular formula is C21H23N3O5. The summed E-state index contributed by atoms with van der Waals surface area (Å²) in [5, 5.41) is 4.03. The molecule has 0 spiro atoms. The first-order valence-corrected chi connectivity index (χ1v) is 9.50. The molecule has 1 fully saturated rings. The van der Waals surface area contributed by atoms with Gasteiger partial charge in [0, 0.05) is 24.7 Å². The van der Waals surface area contributed by atoms with E-state index in [2.05, 4.69) is 10.1 Å². The maximum Gasteiger partial charge on any atom is 0.254 e. The van der Waals surface area contributed by atoms with Crippen LogP contribution < -0.4 is 9.47 Å². The van der Waals surface area contributed by atoms with Gasteiger partial charge in [-0.05, 0) is 44.0 Å². The van der Waals surface area contributed by atoms with Crippen LogP contribution in [0.3, 0.4) is 0 Å². The highest BCUT2D eigenvalue weighted by Gasteiger charge is 2.30. The Kier molecular flexibility index (Phi) is 5.24. The van der Waals surface area contributed by atoms with Gasteiger partial charge in [0.2, 0.25) is 11.7 Å². The van der Waals surface area contributed by atoms with Crippen molar-refractivity contribution in [2.45, 2.75) is 25.7 Å². The van der Waals surface area contributed by atoms with E-state index in [0.29, 0.717) is 47.6 Å². The first kappa shape index (κ1) is 19.0. The molecule has 1 aromatic carbocycles. The molecule has 1 amide bonds. The van der Waals surface area contributed by atoms with Crippen molar-refractivity contribution in [3.63, 3.8) is 0 Å². The van der Waals surface area contributed by atoms with E-state index in [-0.39, 0.29) is 11.8 Å². The number of carbonyl (C=O) groups is 1. The fourth-order valence-electron chi connectivity index (χ4n) is 3.53. The van der Waals surface area contributed by atoms with Gasteiger partial charge in [-0.3, -0.25) is 4.79 Å². The maximum atomic E-state index is 13.1. The van der Waals surface area contributed by atoms with Crippen LogP contribution in [-0.4, -0.2) is 48.3 Å². The van der Waals surface area contributed by atoms with Crippen LogP contribution in [0.1, 0.15) is 40.8 Å². The van der Waals surface area contributed by atoms with Gasteiger partial charge in [-0.1, -0.05) is 5.16 Å². The van der Waals surface area contributed by atoms with Gasteiger partial charge in [-0.25, -0.2) is 0 Å². The Bertz CT molecular complexity index is 987. The summed E-state index contributed by atoms with van der Waals surface area (Å²) in [5.41, 5.74) is 0.527. The Hall–Kier alpha value is -3.29. The largest absolute Gasteiger partial charge is 0.497 e. The summed E-state index contributed by atoms with van der Waals surface area (Å²) in [4.78, 5) is 19.4. The number of hydrogen-bond donors (Lipinski definition) is 0. The van der Waals surface area contributed by atoms with Crippen molar-refractivity contribution in [2.75, 3.05) is 27.3 Å². The predicted octanol–water partition coefficient (Wildman–Crippen LogP) is 3.68. The lowest BCUT2D eigenvalue weighted by Gasteiger charge is -2.31. The number of methoxy groups -OCH3 is 2. The van der Waals surface area contributed by atoms with E-state index in [0.717, 1.165) is 18.6 Å². The van der Waals surface area contributed by atoms with Crippen molar-refractivity contribution in [1.29, 1.82) is 0 Å². The fourth-order valence-corrected chi connectivity index (χ4v) is 3.53. The lowest BCUT2D eigenvalue weighted by Crippen LogP contribution is -2.39. The van der Waals surface area contributed by atoms with Crippen LogP contribution in [0.25, 0.3) is 11.6 Å². The molecule has 0 radical (unpaired) electrons. The average Bonchev–Trinajstić information content (AvgIpc) is 3.42. The fraction of sp³-hybridized carbons (Fsp3) is 0.381. The number of rotatable bonds is 5. The molecule has 1 saturated heterocycles. The number of ether oxygens (including phenoxy) is 2. The molecule has 4 rings (SSSR count). The average molecular weight is 397 g/mol. The van der Waals surface area contributed by atoms with Crippen molar-refractivity contribution in [3.8, 4) is 23.1 Å². The van der Waals surface area contributed by atoms with E-state index >= 15 is 0 Å². The number of likely N-dealkylation sites (tertiary alicyclic amines) is 1. The van der Waals surface area contributed by atoms with E-state index in [9.17, 15) is 4.79 Å². The molecule has 0 saturated carbocycles. The second-order valence-corrected chi connectivity index (χ2v) is 7.06. The third kappa shape index (κ3) is 3.96. The van der Waals surface area contributed by atoms with Gasteiger partial charge < -0.3 is 23.3 Å². The van der Waals surface area contributed by atoms with Crippen LogP contribution in [0.4, 0.5) is 0 Å². The van der Waals surface area contributed by atoms with E-state index in [1.54, 1.807) is 32.4 Å². The standard InChI is InChI=1S/C21H23N3O5/c1-13-6-7-18(28-13)19-22-20(29-23-19)14-5-4-8-24(12-14)21(25)15-9-16(26-2)11-17(10-15)27-3/h6-7,9-11,14H,4-5,8,12H2,1-3H3/t14-/m1/s1. The minimum absolute atomic E-state index is 0.0162. The van der Waals surface area contributed by atoms with Gasteiger partial charge in [0.05, 0.1) is 20.1 Å². The second-order valence-electron chi connectivity index (χ2n) is 7.06. The van der Waals surface area contributed by atoms with Crippen LogP contribution in [0, 0.1) is 6.92 Å². The summed E-state index contributed by atoms with van der Waals surface area (Å²) in [6, 6.07) is 8.86. The number of carbonyl (C=O) groups excluding carboxylic acids is 1. The monoisotopic (exact) mass is 397 g/mol. The number of hydrogen-bond acceptors (Lipinski definition) is 7. The summed E-state index contributed by atoms with van der Waals surface area (Å²) < 4.78 is 21.6. The smallest absolute Gasteiger partial charge is 0.254 e. The molecule has 0 N–H and O–H groups in total. The minimum Gasteiger partial charge on any atom is -0.497 e. The number of benzene rings is 1. The van der Waals surface area contributed by atoms with E-state index in [1.165, 1.54) is 0 Å². The molecule has 0 unspecified atom stereocenters. The Morgan fingerprint density at radius 1 is 1.17 bits per heavy atom. The quantitative estimate of drug-likeness (QED) is 0.649. The Morgan fingerprint density at radius 2 is 1.93 bits per heavy atom. The van der Waals surface area contributed by atoms with E-state index in [4.69, 9.17) is 18.4 Å². The molecule has 8 heteroatoms. The van der Waals surface area contributed by atoms with Crippen LogP contribution in [0.5, 0.6) is 11.5 Å². The predicted molar refractivity (Wildman–Crippen MR) is 104 cm³/mol. The first-order chi connectivity index (χ1) is 14.1. The molecule has 1 atom stereocenters. The Labute approximate surface area is 168 Å². The van der Waals surface area contributed by atoms with Crippen LogP contribution in [-0.2, 0) is 0 Å². The second kappa shape index (κ2) is 7.98. The molecule has 8 nitrogen and oxygen atoms in total. The van der Waals surface area contributed by atoms with Gasteiger partial charge in [-0.15, -0.1) is 0 Å². The van der Waals surface area contributed by atoms with Gasteiger partial charge in [0.15, 0.2) is 5.76 Å². The Balaban J connectivity index is 1.51. The van der Waals surface area contributed by atoms with Gasteiger partial charge in [0.1, 0.15) is 17.3 Å². The van der Waals surface area contributed by atoms with Crippen molar-refractivity contribution in [1.82, 2.24) is 15.0 Å². The molecule has 3 aromatic rings. The van der Waals surface area contributed by atoms with Crippen LogP contribution in [0.2, 0.25) is 0 Å². The molecular weight excluding hydrogens is 374 g/mol. The molecule has 2 aromatic heterocycles. The summed E-state index contributed by atoms with van der Waals surface area (Å²) in [6.45, 7) is 3.05. The van der Waals surface area contributed by atoms with E-state index in [1.807, 2.05) is 24.0 Å². The summed E-state index contributed by atoms with van der Waals surface area (Å²) in [6.07, 6.45) is 1.74. The van der Waals surface area contributed by atoms with E-state index < -0.39 is 0 Å². The highest BCUT2D eigenvalue weighted by Crippen LogP contribution is 2.30. The van der Waals surface area contributed by atoms with Gasteiger partial charge in [-0.2, -0.15) is 4.98 Å². The lowest BCUT2D eigenvalue weighted by atomic mass is 9.97. The van der Waals surface area contributed by atoms with Crippen molar-refractivity contribution in [3.05, 3.63) is 47.5 Å². The summed E-state index contributed by atoms with van der Waals surface area (Å²) >= 11 is 0. The third-order valence-electron chi connectivity index (χ3n) is 5.06. The number of nitrogens with zero attached hydrogens (tertiary/aromatic N) is 3. The molecule has 3 heterocycles. The number of amides is 1. The van der Waals surface area contributed by atoms with Crippen molar-refractivity contribution < 1.29 is 23.2 Å². The number of aromatic nitrogens is 2. The zero-order valence-electron chi connectivity index (χ0n) is 16.7. The first-order valence-electron chi connectivity index (χ1n) is 9.50. The summed E-state index contributed by atoms with van der Waals surface area (Å²) in [5.74, 6) is 3.38. The topological polar surface area (TPSA) is 90.8 Å². The zero-order chi connectivity index (χ0) is 20.4. The SMILES string of the molecule is COc1cc(OC)cc(C(=O)N2CCC[C@@H](c3nc(-c4ccc(C)o4)no3)C2)c1. The highest BCUT2D eigenvalue weighted by atomic mass is 16.5. The molecule has 0 aliphatic carbocycles. The van der Waals surface area contributed by atoms with Crippen molar-refractivity contribution in [2.24, 2.45) is 0 Å². The molecule has 1 aliphatic heterocycles. The molecule has 0 bridgehead atoms. The number of piperidine rings is 1. The molecule has 1 aliphatic rings. The van der Waals surface area contributed by atoms with Crippen molar-refractivity contribution >= 4 is 5.91 Å². The minimum atomic E-state index is -0.0756. The van der Waals surface area contributed by atoms with Gasteiger partial charge in [0.25, 0.3) is 5.91 Å². The highest BCUT2D eigenvalue weighted by molar-refractivity contribution is 5.95. The summed E-state index contributed by atoms with van der Waals surface area (Å²) in [7, 11) is 3.13. The van der Waals surface area contributed by atoms with Gasteiger partial charge >= 0.3 is 0 Å².